The highest BCUT2D eigenvalue weighted by Gasteiger charge is 2.13. The fourth-order valence-electron chi connectivity index (χ4n) is 2.55. The van der Waals surface area contributed by atoms with Crippen molar-refractivity contribution in [3.8, 4) is 11.4 Å². The fourth-order valence-corrected chi connectivity index (χ4v) is 3.44. The lowest BCUT2D eigenvalue weighted by molar-refractivity contribution is 1.03. The van der Waals surface area contributed by atoms with Crippen molar-refractivity contribution in [1.29, 1.82) is 0 Å². The number of hydrogen-bond donors (Lipinski definition) is 0. The number of pyridine rings is 2. The summed E-state index contributed by atoms with van der Waals surface area (Å²) < 4.78 is 1.63. The lowest BCUT2D eigenvalue weighted by Crippen LogP contribution is -2.18. The summed E-state index contributed by atoms with van der Waals surface area (Å²) >= 11 is 1.43. The van der Waals surface area contributed by atoms with Crippen molar-refractivity contribution in [2.45, 2.75) is 6.92 Å². The van der Waals surface area contributed by atoms with Crippen molar-refractivity contribution in [3.05, 3.63) is 81.5 Å². The van der Waals surface area contributed by atoms with Gasteiger partial charge >= 0.3 is 0 Å². The van der Waals surface area contributed by atoms with E-state index in [1.807, 2.05) is 47.9 Å². The minimum absolute atomic E-state index is 0.0715. The van der Waals surface area contributed by atoms with Gasteiger partial charge in [0, 0.05) is 29.5 Å². The molecule has 4 aromatic rings. The number of nitrogens with zero attached hydrogens (tertiary/aromatic N) is 4. The number of rotatable bonds is 3. The van der Waals surface area contributed by atoms with Crippen LogP contribution in [0.4, 0.5) is 0 Å². The van der Waals surface area contributed by atoms with Crippen LogP contribution in [0, 0.1) is 6.92 Å². The quantitative estimate of drug-likeness (QED) is 0.568. The van der Waals surface area contributed by atoms with E-state index in [-0.39, 0.29) is 5.56 Å². The van der Waals surface area contributed by atoms with Gasteiger partial charge in [0.2, 0.25) is 0 Å². The van der Waals surface area contributed by atoms with Crippen LogP contribution in [0.5, 0.6) is 0 Å². The lowest BCUT2D eigenvalue weighted by atomic mass is 10.2. The molecule has 4 aromatic heterocycles. The molecule has 0 aliphatic heterocycles. The molecule has 25 heavy (non-hydrogen) atoms. The maximum atomic E-state index is 12.9. The molecular weight excluding hydrogens is 332 g/mol. The van der Waals surface area contributed by atoms with Gasteiger partial charge in [-0.25, -0.2) is 9.38 Å². The predicted molar refractivity (Wildman–Crippen MR) is 100 cm³/mol. The molecule has 0 amide bonds. The standard InChI is InChI=1S/C19H14N4OS/c1-13-15(8-7-14-5-4-9-20-11-14)22-19-23(18(13)24)17(12-25-19)16-6-2-3-10-21-16/h2-12H,1H3/b8-7+. The SMILES string of the molecule is Cc1c(/C=C/c2cccnc2)nc2scc(-c3ccccn3)n2c1=O. The van der Waals surface area contributed by atoms with Crippen LogP contribution in [0.2, 0.25) is 0 Å². The molecule has 4 heterocycles. The molecule has 6 heteroatoms. The topological polar surface area (TPSA) is 60.1 Å². The summed E-state index contributed by atoms with van der Waals surface area (Å²) in [6.07, 6.45) is 8.97. The molecule has 0 unspecified atom stereocenters. The normalized spacial score (nSPS) is 11.4. The van der Waals surface area contributed by atoms with E-state index in [4.69, 9.17) is 0 Å². The zero-order valence-corrected chi connectivity index (χ0v) is 14.3. The first-order valence-corrected chi connectivity index (χ1v) is 8.62. The summed E-state index contributed by atoms with van der Waals surface area (Å²) in [4.78, 5) is 26.6. The highest BCUT2D eigenvalue weighted by molar-refractivity contribution is 7.15. The van der Waals surface area contributed by atoms with E-state index in [0.29, 0.717) is 16.2 Å². The molecule has 0 saturated heterocycles. The van der Waals surface area contributed by atoms with Gasteiger partial charge in [0.25, 0.3) is 5.56 Å². The van der Waals surface area contributed by atoms with Crippen LogP contribution in [-0.2, 0) is 0 Å². The molecule has 0 aliphatic rings. The third-order valence-electron chi connectivity index (χ3n) is 3.88. The van der Waals surface area contributed by atoms with Gasteiger partial charge < -0.3 is 0 Å². The Kier molecular flexibility index (Phi) is 3.95. The molecule has 0 spiro atoms. The predicted octanol–water partition coefficient (Wildman–Crippen LogP) is 3.69. The molecule has 0 saturated carbocycles. The van der Waals surface area contributed by atoms with E-state index < -0.39 is 0 Å². The van der Waals surface area contributed by atoms with Gasteiger partial charge in [-0.05, 0) is 36.8 Å². The van der Waals surface area contributed by atoms with E-state index in [1.54, 1.807) is 29.9 Å². The van der Waals surface area contributed by atoms with Gasteiger partial charge in [0.1, 0.15) is 0 Å². The molecule has 122 valence electrons. The van der Waals surface area contributed by atoms with Crippen LogP contribution >= 0.6 is 11.3 Å². The molecule has 0 bridgehead atoms. The van der Waals surface area contributed by atoms with Crippen molar-refractivity contribution in [2.75, 3.05) is 0 Å². The Labute approximate surface area is 148 Å². The van der Waals surface area contributed by atoms with Crippen LogP contribution in [0.15, 0.2) is 59.1 Å². The molecule has 0 radical (unpaired) electrons. The Morgan fingerprint density at radius 1 is 1.12 bits per heavy atom. The zero-order valence-electron chi connectivity index (χ0n) is 13.5. The Morgan fingerprint density at radius 3 is 2.80 bits per heavy atom. The van der Waals surface area contributed by atoms with Gasteiger partial charge in [-0.2, -0.15) is 0 Å². The van der Waals surface area contributed by atoms with E-state index in [1.165, 1.54) is 11.3 Å². The Hall–Kier alpha value is -3.12. The maximum absolute atomic E-state index is 12.9. The summed E-state index contributed by atoms with van der Waals surface area (Å²) in [6, 6.07) is 9.47. The average molecular weight is 346 g/mol. The van der Waals surface area contributed by atoms with E-state index in [2.05, 4.69) is 15.0 Å². The van der Waals surface area contributed by atoms with Gasteiger partial charge in [0.15, 0.2) is 4.96 Å². The highest BCUT2D eigenvalue weighted by atomic mass is 32.1. The van der Waals surface area contributed by atoms with E-state index >= 15 is 0 Å². The second-order valence-corrected chi connectivity index (χ2v) is 6.34. The highest BCUT2D eigenvalue weighted by Crippen LogP contribution is 2.23. The van der Waals surface area contributed by atoms with Crippen molar-refractivity contribution >= 4 is 28.4 Å². The third-order valence-corrected chi connectivity index (χ3v) is 4.70. The minimum Gasteiger partial charge on any atom is -0.269 e. The summed E-state index contributed by atoms with van der Waals surface area (Å²) in [5, 5.41) is 1.92. The largest absolute Gasteiger partial charge is 0.269 e. The summed E-state index contributed by atoms with van der Waals surface area (Å²) in [7, 11) is 0. The van der Waals surface area contributed by atoms with Crippen molar-refractivity contribution < 1.29 is 0 Å². The minimum atomic E-state index is -0.0715. The van der Waals surface area contributed by atoms with Crippen molar-refractivity contribution in [2.24, 2.45) is 0 Å². The molecule has 0 atom stereocenters. The van der Waals surface area contributed by atoms with Gasteiger partial charge in [-0.1, -0.05) is 18.2 Å². The van der Waals surface area contributed by atoms with E-state index in [9.17, 15) is 4.79 Å². The molecule has 5 nitrogen and oxygen atoms in total. The van der Waals surface area contributed by atoms with Crippen molar-refractivity contribution in [3.63, 3.8) is 0 Å². The first-order valence-electron chi connectivity index (χ1n) is 7.74. The Balaban J connectivity index is 1.84. The van der Waals surface area contributed by atoms with Crippen LogP contribution in [0.3, 0.4) is 0 Å². The maximum Gasteiger partial charge on any atom is 0.262 e. The van der Waals surface area contributed by atoms with Gasteiger partial charge in [0.05, 0.1) is 17.1 Å². The van der Waals surface area contributed by atoms with Gasteiger partial charge in [-0.15, -0.1) is 11.3 Å². The smallest absolute Gasteiger partial charge is 0.262 e. The average Bonchev–Trinajstić information content (AvgIpc) is 3.09. The second-order valence-electron chi connectivity index (χ2n) is 5.50. The second kappa shape index (κ2) is 6.41. The van der Waals surface area contributed by atoms with Crippen LogP contribution < -0.4 is 5.56 Å². The first-order chi connectivity index (χ1) is 12.2. The summed E-state index contributed by atoms with van der Waals surface area (Å²) in [5.41, 5.74) is 3.69. The molecule has 0 aromatic carbocycles. The number of fused-ring (bicyclic) bond motifs is 1. The zero-order chi connectivity index (χ0) is 17.2. The first kappa shape index (κ1) is 15.4. The van der Waals surface area contributed by atoms with E-state index in [0.717, 1.165) is 17.0 Å². The van der Waals surface area contributed by atoms with Crippen molar-refractivity contribution in [1.82, 2.24) is 19.4 Å². The fraction of sp³-hybridized carbons (Fsp3) is 0.0526. The monoisotopic (exact) mass is 346 g/mol. The number of hydrogen-bond acceptors (Lipinski definition) is 5. The van der Waals surface area contributed by atoms with Crippen LogP contribution in [-0.4, -0.2) is 19.4 Å². The van der Waals surface area contributed by atoms with Crippen LogP contribution in [0.25, 0.3) is 28.5 Å². The summed E-state index contributed by atoms with van der Waals surface area (Å²) in [6.45, 7) is 1.80. The molecule has 0 aliphatic carbocycles. The number of thiazole rings is 1. The molecule has 0 fully saturated rings. The lowest BCUT2D eigenvalue weighted by Gasteiger charge is -2.04. The third kappa shape index (κ3) is 2.88. The van der Waals surface area contributed by atoms with Crippen LogP contribution in [0.1, 0.15) is 16.8 Å². The Morgan fingerprint density at radius 2 is 2.04 bits per heavy atom. The Bertz CT molecular complexity index is 1110. The number of aromatic nitrogens is 4. The summed E-state index contributed by atoms with van der Waals surface area (Å²) in [5.74, 6) is 0. The molecular formula is C19H14N4OS. The molecule has 4 rings (SSSR count). The molecule has 0 N–H and O–H groups in total. The van der Waals surface area contributed by atoms with Gasteiger partial charge in [-0.3, -0.25) is 14.8 Å².